The van der Waals surface area contributed by atoms with Crippen molar-refractivity contribution in [3.05, 3.63) is 36.1 Å². The molecule has 0 radical (unpaired) electrons. The first-order valence-electron chi connectivity index (χ1n) is 5.77. The third-order valence-corrected chi connectivity index (χ3v) is 2.77. The molecule has 0 aliphatic heterocycles. The first kappa shape index (κ1) is 13.0. The normalized spacial score (nSPS) is 13.7. The van der Waals surface area contributed by atoms with E-state index in [0.717, 1.165) is 11.0 Å². The number of para-hydroxylation sites is 1. The molecule has 0 aliphatic rings. The van der Waals surface area contributed by atoms with E-state index in [9.17, 15) is 8.78 Å². The van der Waals surface area contributed by atoms with Gasteiger partial charge in [0.1, 0.15) is 11.3 Å². The molecule has 1 heterocycles. The third-order valence-electron chi connectivity index (χ3n) is 2.77. The van der Waals surface area contributed by atoms with Crippen LogP contribution in [-0.4, -0.2) is 31.5 Å². The molecule has 3 nitrogen and oxygen atoms in total. The predicted octanol–water partition coefficient (Wildman–Crippen LogP) is 2.63. The SMILES string of the molecule is CN(CC(F)F)CC(N)c1cc2ccccc2o1. The Kier molecular flexibility index (Phi) is 3.93. The van der Waals surface area contributed by atoms with E-state index in [0.29, 0.717) is 12.3 Å². The van der Waals surface area contributed by atoms with Gasteiger partial charge in [-0.25, -0.2) is 8.78 Å². The van der Waals surface area contributed by atoms with Crippen LogP contribution in [0, 0.1) is 0 Å². The maximum atomic E-state index is 12.2. The maximum Gasteiger partial charge on any atom is 0.251 e. The molecule has 0 saturated heterocycles. The molecule has 5 heteroatoms. The van der Waals surface area contributed by atoms with Crippen molar-refractivity contribution in [1.29, 1.82) is 0 Å². The Labute approximate surface area is 104 Å². The molecule has 0 fully saturated rings. The summed E-state index contributed by atoms with van der Waals surface area (Å²) >= 11 is 0. The Bertz CT molecular complexity index is 479. The summed E-state index contributed by atoms with van der Waals surface area (Å²) in [6.07, 6.45) is -2.35. The standard InChI is InChI=1S/C13H16F2N2O/c1-17(8-13(14)15)7-10(16)12-6-9-4-2-3-5-11(9)18-12/h2-6,10,13H,7-8,16H2,1H3. The minimum atomic E-state index is -2.35. The fourth-order valence-corrected chi connectivity index (χ4v) is 1.92. The van der Waals surface area contributed by atoms with E-state index >= 15 is 0 Å². The highest BCUT2D eigenvalue weighted by atomic mass is 19.3. The second-order valence-corrected chi connectivity index (χ2v) is 4.41. The van der Waals surface area contributed by atoms with Gasteiger partial charge in [0.2, 0.25) is 0 Å². The van der Waals surface area contributed by atoms with Crippen LogP contribution in [0.4, 0.5) is 8.78 Å². The Hall–Kier alpha value is -1.46. The summed E-state index contributed by atoms with van der Waals surface area (Å²) in [5.41, 5.74) is 6.72. The number of halogens is 2. The summed E-state index contributed by atoms with van der Waals surface area (Å²) in [6, 6.07) is 9.03. The molecule has 0 bridgehead atoms. The zero-order chi connectivity index (χ0) is 13.1. The van der Waals surface area contributed by atoms with Crippen molar-refractivity contribution in [2.75, 3.05) is 20.1 Å². The number of benzene rings is 1. The summed E-state index contributed by atoms with van der Waals surface area (Å²) in [4.78, 5) is 1.50. The lowest BCUT2D eigenvalue weighted by atomic mass is 10.2. The number of rotatable bonds is 5. The highest BCUT2D eigenvalue weighted by molar-refractivity contribution is 5.77. The van der Waals surface area contributed by atoms with Crippen molar-refractivity contribution < 1.29 is 13.2 Å². The number of fused-ring (bicyclic) bond motifs is 1. The molecule has 1 atom stereocenters. The van der Waals surface area contributed by atoms with E-state index in [-0.39, 0.29) is 6.54 Å². The van der Waals surface area contributed by atoms with E-state index in [1.54, 1.807) is 7.05 Å². The largest absolute Gasteiger partial charge is 0.459 e. The monoisotopic (exact) mass is 254 g/mol. The smallest absolute Gasteiger partial charge is 0.251 e. The number of alkyl halides is 2. The molecule has 2 aromatic rings. The van der Waals surface area contributed by atoms with Gasteiger partial charge in [-0.15, -0.1) is 0 Å². The molecule has 1 aromatic heterocycles. The van der Waals surface area contributed by atoms with Crippen LogP contribution in [0.1, 0.15) is 11.8 Å². The van der Waals surface area contributed by atoms with E-state index < -0.39 is 12.5 Å². The molecule has 2 rings (SSSR count). The number of nitrogens with two attached hydrogens (primary N) is 1. The molecule has 0 aliphatic carbocycles. The van der Waals surface area contributed by atoms with E-state index in [1.165, 1.54) is 4.90 Å². The van der Waals surface area contributed by atoms with Crippen molar-refractivity contribution in [1.82, 2.24) is 4.90 Å². The number of likely N-dealkylation sites (N-methyl/N-ethyl adjacent to an activating group) is 1. The van der Waals surface area contributed by atoms with Crippen LogP contribution in [0.25, 0.3) is 11.0 Å². The van der Waals surface area contributed by atoms with Gasteiger partial charge < -0.3 is 10.2 Å². The third kappa shape index (κ3) is 3.05. The average molecular weight is 254 g/mol. The van der Waals surface area contributed by atoms with Gasteiger partial charge in [0, 0.05) is 11.9 Å². The summed E-state index contributed by atoms with van der Waals surface area (Å²) in [6.45, 7) is 0.0537. The van der Waals surface area contributed by atoms with E-state index in [1.807, 2.05) is 30.3 Å². The lowest BCUT2D eigenvalue weighted by Gasteiger charge is -2.19. The average Bonchev–Trinajstić information content (AvgIpc) is 2.71. The van der Waals surface area contributed by atoms with Crippen LogP contribution in [0.15, 0.2) is 34.7 Å². The molecule has 0 amide bonds. The number of nitrogens with zero attached hydrogens (tertiary/aromatic N) is 1. The van der Waals surface area contributed by atoms with Gasteiger partial charge in [-0.05, 0) is 19.2 Å². The van der Waals surface area contributed by atoms with Crippen LogP contribution in [0.2, 0.25) is 0 Å². The summed E-state index contributed by atoms with van der Waals surface area (Å²) in [7, 11) is 1.62. The first-order valence-corrected chi connectivity index (χ1v) is 5.77. The van der Waals surface area contributed by atoms with Crippen LogP contribution in [0.5, 0.6) is 0 Å². The molecule has 18 heavy (non-hydrogen) atoms. The lowest BCUT2D eigenvalue weighted by molar-refractivity contribution is 0.0968. The predicted molar refractivity (Wildman–Crippen MR) is 66.6 cm³/mol. The fourth-order valence-electron chi connectivity index (χ4n) is 1.92. The Morgan fingerprint density at radius 1 is 1.28 bits per heavy atom. The van der Waals surface area contributed by atoms with Crippen LogP contribution in [0.3, 0.4) is 0 Å². The van der Waals surface area contributed by atoms with Gasteiger partial charge in [-0.1, -0.05) is 18.2 Å². The molecule has 2 N–H and O–H groups in total. The molecule has 0 saturated carbocycles. The Balaban J connectivity index is 2.06. The van der Waals surface area contributed by atoms with Gasteiger partial charge in [-0.3, -0.25) is 4.90 Å². The maximum absolute atomic E-state index is 12.2. The summed E-state index contributed by atoms with van der Waals surface area (Å²) in [5, 5.41) is 0.972. The van der Waals surface area contributed by atoms with Gasteiger partial charge in [0.25, 0.3) is 6.43 Å². The molecule has 0 spiro atoms. The number of hydrogen-bond acceptors (Lipinski definition) is 3. The van der Waals surface area contributed by atoms with Gasteiger partial charge in [0.05, 0.1) is 12.6 Å². The van der Waals surface area contributed by atoms with E-state index in [4.69, 9.17) is 10.2 Å². The molecule has 1 aromatic carbocycles. The topological polar surface area (TPSA) is 42.4 Å². The van der Waals surface area contributed by atoms with Crippen molar-refractivity contribution in [3.63, 3.8) is 0 Å². The zero-order valence-corrected chi connectivity index (χ0v) is 10.1. The second kappa shape index (κ2) is 5.46. The van der Waals surface area contributed by atoms with Gasteiger partial charge in [0.15, 0.2) is 0 Å². The van der Waals surface area contributed by atoms with Crippen molar-refractivity contribution in [2.24, 2.45) is 5.73 Å². The van der Waals surface area contributed by atoms with E-state index in [2.05, 4.69) is 0 Å². The molecular formula is C13H16F2N2O. The summed E-state index contributed by atoms with van der Waals surface area (Å²) in [5.74, 6) is 0.623. The molecule has 98 valence electrons. The van der Waals surface area contributed by atoms with Gasteiger partial charge >= 0.3 is 0 Å². The quantitative estimate of drug-likeness (QED) is 0.891. The van der Waals surface area contributed by atoms with Crippen molar-refractivity contribution in [2.45, 2.75) is 12.5 Å². The number of furan rings is 1. The molecule has 1 unspecified atom stereocenters. The van der Waals surface area contributed by atoms with Crippen molar-refractivity contribution >= 4 is 11.0 Å². The van der Waals surface area contributed by atoms with Gasteiger partial charge in [-0.2, -0.15) is 0 Å². The van der Waals surface area contributed by atoms with Crippen LogP contribution >= 0.6 is 0 Å². The van der Waals surface area contributed by atoms with Crippen molar-refractivity contribution in [3.8, 4) is 0 Å². The Morgan fingerprint density at radius 3 is 2.67 bits per heavy atom. The number of hydrogen-bond donors (Lipinski definition) is 1. The molecular weight excluding hydrogens is 238 g/mol. The zero-order valence-electron chi connectivity index (χ0n) is 10.1. The minimum absolute atomic E-state index is 0.284. The van der Waals surface area contributed by atoms with Crippen LogP contribution in [-0.2, 0) is 0 Å². The van der Waals surface area contributed by atoms with Crippen LogP contribution < -0.4 is 5.73 Å². The fraction of sp³-hybridized carbons (Fsp3) is 0.385. The lowest BCUT2D eigenvalue weighted by Crippen LogP contribution is -2.32. The first-order chi connectivity index (χ1) is 8.56. The highest BCUT2D eigenvalue weighted by Crippen LogP contribution is 2.23. The summed E-state index contributed by atoms with van der Waals surface area (Å²) < 4.78 is 30.0. The second-order valence-electron chi connectivity index (χ2n) is 4.41. The highest BCUT2D eigenvalue weighted by Gasteiger charge is 2.16. The Morgan fingerprint density at radius 2 is 2.00 bits per heavy atom. The minimum Gasteiger partial charge on any atom is -0.459 e.